The molecule has 0 saturated carbocycles. The SMILES string of the molecule is CNC(=O)c1ccc(N2CCN(Cc3cc(F)c4nc(C)c(=O)[nH]c4c3)CC2)c(F)n1. The number of piperazine rings is 1. The monoisotopic (exact) mass is 428 g/mol. The molecule has 1 saturated heterocycles. The van der Waals surface area contributed by atoms with Crippen molar-refractivity contribution in [2.45, 2.75) is 13.5 Å². The first-order valence-electron chi connectivity index (χ1n) is 9.90. The van der Waals surface area contributed by atoms with Gasteiger partial charge in [-0.2, -0.15) is 4.39 Å². The summed E-state index contributed by atoms with van der Waals surface area (Å²) in [5.74, 6) is -1.60. The van der Waals surface area contributed by atoms with Gasteiger partial charge >= 0.3 is 0 Å². The summed E-state index contributed by atoms with van der Waals surface area (Å²) >= 11 is 0. The van der Waals surface area contributed by atoms with Gasteiger partial charge in [0, 0.05) is 39.8 Å². The number of carbonyl (C=O) groups is 1. The van der Waals surface area contributed by atoms with Crippen molar-refractivity contribution in [3.63, 3.8) is 0 Å². The van der Waals surface area contributed by atoms with Crippen molar-refractivity contribution in [1.29, 1.82) is 0 Å². The lowest BCUT2D eigenvalue weighted by atomic mass is 10.1. The quantitative estimate of drug-likeness (QED) is 0.613. The van der Waals surface area contributed by atoms with Gasteiger partial charge in [0.05, 0.1) is 11.2 Å². The number of benzene rings is 1. The number of hydrogen-bond acceptors (Lipinski definition) is 6. The van der Waals surface area contributed by atoms with E-state index in [0.717, 1.165) is 5.56 Å². The first-order chi connectivity index (χ1) is 14.9. The van der Waals surface area contributed by atoms with Crippen LogP contribution in [0.5, 0.6) is 0 Å². The van der Waals surface area contributed by atoms with Crippen molar-refractivity contribution in [2.24, 2.45) is 0 Å². The molecule has 0 radical (unpaired) electrons. The standard InChI is InChI=1S/C21H22F2N6O2/c1-12-20(30)27-16-10-13(9-14(22)18(16)25-12)11-28-5-7-29(8-6-28)17-4-3-15(21(31)24-2)26-19(17)23/h3-4,9-10H,5-8,11H2,1-2H3,(H,24,31)(H,27,30). The zero-order valence-electron chi connectivity index (χ0n) is 17.2. The molecule has 0 spiro atoms. The van der Waals surface area contributed by atoms with Crippen molar-refractivity contribution in [3.8, 4) is 0 Å². The second-order valence-electron chi connectivity index (χ2n) is 7.47. The summed E-state index contributed by atoms with van der Waals surface area (Å²) in [4.78, 5) is 37.8. The van der Waals surface area contributed by atoms with Crippen LogP contribution in [0.1, 0.15) is 21.7 Å². The normalized spacial score (nSPS) is 14.8. The van der Waals surface area contributed by atoms with Gasteiger partial charge in [-0.3, -0.25) is 14.5 Å². The Hall–Kier alpha value is -3.40. The van der Waals surface area contributed by atoms with Crippen molar-refractivity contribution in [2.75, 3.05) is 38.1 Å². The van der Waals surface area contributed by atoms with E-state index < -0.39 is 17.7 Å². The van der Waals surface area contributed by atoms with Gasteiger partial charge in [0.15, 0.2) is 5.82 Å². The van der Waals surface area contributed by atoms with Gasteiger partial charge in [0.25, 0.3) is 11.5 Å². The van der Waals surface area contributed by atoms with Gasteiger partial charge in [-0.15, -0.1) is 0 Å². The molecular formula is C21H22F2N6O2. The average Bonchev–Trinajstić information content (AvgIpc) is 2.75. The van der Waals surface area contributed by atoms with Gasteiger partial charge in [-0.25, -0.2) is 14.4 Å². The number of hydrogen-bond donors (Lipinski definition) is 2. The van der Waals surface area contributed by atoms with E-state index in [4.69, 9.17) is 0 Å². The Morgan fingerprint density at radius 1 is 1.16 bits per heavy atom. The van der Waals surface area contributed by atoms with Crippen molar-refractivity contribution < 1.29 is 13.6 Å². The molecule has 1 aliphatic heterocycles. The van der Waals surface area contributed by atoms with Gasteiger partial charge < -0.3 is 15.2 Å². The molecule has 8 nitrogen and oxygen atoms in total. The third-order valence-electron chi connectivity index (χ3n) is 5.39. The van der Waals surface area contributed by atoms with Gasteiger partial charge in [0.1, 0.15) is 16.9 Å². The van der Waals surface area contributed by atoms with Crippen LogP contribution in [-0.2, 0) is 6.54 Å². The molecule has 4 rings (SSSR count). The highest BCUT2D eigenvalue weighted by Crippen LogP contribution is 2.22. The molecule has 0 bridgehead atoms. The first-order valence-corrected chi connectivity index (χ1v) is 9.90. The molecule has 3 heterocycles. The third kappa shape index (κ3) is 4.24. The summed E-state index contributed by atoms with van der Waals surface area (Å²) in [5.41, 5.74) is 1.51. The molecule has 0 atom stereocenters. The van der Waals surface area contributed by atoms with Crippen LogP contribution in [-0.4, -0.2) is 59.0 Å². The van der Waals surface area contributed by atoms with Crippen molar-refractivity contribution in [1.82, 2.24) is 25.2 Å². The maximum Gasteiger partial charge on any atom is 0.269 e. The summed E-state index contributed by atoms with van der Waals surface area (Å²) in [6.07, 6.45) is 0. The lowest BCUT2D eigenvalue weighted by Crippen LogP contribution is -2.46. The van der Waals surface area contributed by atoms with Gasteiger partial charge in [0.2, 0.25) is 5.95 Å². The number of fused-ring (bicyclic) bond motifs is 1. The second-order valence-corrected chi connectivity index (χ2v) is 7.47. The Bertz CT molecular complexity index is 1200. The Balaban J connectivity index is 1.44. The molecule has 162 valence electrons. The van der Waals surface area contributed by atoms with Gasteiger partial charge in [-0.05, 0) is 36.8 Å². The fourth-order valence-corrected chi connectivity index (χ4v) is 3.71. The summed E-state index contributed by atoms with van der Waals surface area (Å²) in [6.45, 7) is 4.43. The number of pyridine rings is 1. The molecule has 3 aromatic rings. The van der Waals surface area contributed by atoms with Crippen LogP contribution in [0.15, 0.2) is 29.1 Å². The molecular weight excluding hydrogens is 406 g/mol. The smallest absolute Gasteiger partial charge is 0.269 e. The predicted octanol–water partition coefficient (Wildman–Crippen LogP) is 1.59. The topological polar surface area (TPSA) is 94.2 Å². The summed E-state index contributed by atoms with van der Waals surface area (Å²) in [7, 11) is 1.46. The highest BCUT2D eigenvalue weighted by atomic mass is 19.1. The fraction of sp³-hybridized carbons (Fsp3) is 0.333. The highest BCUT2D eigenvalue weighted by molar-refractivity contribution is 5.92. The number of carbonyl (C=O) groups excluding carboxylic acids is 1. The Labute approximate surface area is 176 Å². The molecule has 0 aliphatic carbocycles. The van der Waals surface area contributed by atoms with Crippen molar-refractivity contribution >= 4 is 22.6 Å². The molecule has 31 heavy (non-hydrogen) atoms. The number of nitrogens with zero attached hydrogens (tertiary/aromatic N) is 4. The van der Waals surface area contributed by atoms with E-state index in [-0.39, 0.29) is 22.5 Å². The lowest BCUT2D eigenvalue weighted by Gasteiger charge is -2.36. The van der Waals surface area contributed by atoms with E-state index >= 15 is 0 Å². The maximum atomic E-state index is 14.5. The molecule has 10 heteroatoms. The number of aromatic nitrogens is 3. The molecule has 1 amide bonds. The molecule has 1 aromatic carbocycles. The van der Waals surface area contributed by atoms with Crippen molar-refractivity contribution in [3.05, 3.63) is 63.3 Å². The van der Waals surface area contributed by atoms with Crippen LogP contribution in [0.2, 0.25) is 0 Å². The molecule has 2 aromatic heterocycles. The molecule has 0 unspecified atom stereocenters. The number of aryl methyl sites for hydroxylation is 1. The van der Waals surface area contributed by atoms with Crippen LogP contribution in [0.3, 0.4) is 0 Å². The largest absolute Gasteiger partial charge is 0.365 e. The minimum absolute atomic E-state index is 0.0310. The predicted molar refractivity (Wildman–Crippen MR) is 112 cm³/mol. The zero-order chi connectivity index (χ0) is 22.1. The number of nitrogens with one attached hydrogen (secondary N) is 2. The van der Waals surface area contributed by atoms with Crippen LogP contribution < -0.4 is 15.8 Å². The average molecular weight is 428 g/mol. The summed E-state index contributed by atoms with van der Waals surface area (Å²) < 4.78 is 28.9. The first kappa shape index (κ1) is 20.9. The van der Waals surface area contributed by atoms with E-state index in [1.54, 1.807) is 12.1 Å². The van der Waals surface area contributed by atoms with Crippen LogP contribution in [0.4, 0.5) is 14.5 Å². The lowest BCUT2D eigenvalue weighted by molar-refractivity contribution is 0.0957. The second kappa shape index (κ2) is 8.38. The maximum absolute atomic E-state index is 14.5. The van der Waals surface area contributed by atoms with Crippen LogP contribution in [0.25, 0.3) is 11.0 Å². The number of amides is 1. The highest BCUT2D eigenvalue weighted by Gasteiger charge is 2.22. The number of anilines is 1. The number of halogens is 2. The van der Waals surface area contributed by atoms with E-state index in [9.17, 15) is 18.4 Å². The Morgan fingerprint density at radius 3 is 2.58 bits per heavy atom. The fourth-order valence-electron chi connectivity index (χ4n) is 3.71. The number of H-pyrrole nitrogens is 1. The van der Waals surface area contributed by atoms with E-state index in [0.29, 0.717) is 43.9 Å². The molecule has 1 aliphatic rings. The van der Waals surface area contributed by atoms with E-state index in [1.165, 1.54) is 26.1 Å². The molecule has 2 N–H and O–H groups in total. The number of rotatable bonds is 4. The zero-order valence-corrected chi connectivity index (χ0v) is 17.2. The Morgan fingerprint density at radius 2 is 1.90 bits per heavy atom. The minimum Gasteiger partial charge on any atom is -0.365 e. The van der Waals surface area contributed by atoms with Crippen LogP contribution in [0, 0.1) is 18.7 Å². The molecule has 1 fully saturated rings. The summed E-state index contributed by atoms with van der Waals surface area (Å²) in [5, 5.41) is 2.42. The minimum atomic E-state index is -0.683. The van der Waals surface area contributed by atoms with Gasteiger partial charge in [-0.1, -0.05) is 0 Å². The summed E-state index contributed by atoms with van der Waals surface area (Å²) in [6, 6.07) is 6.23. The number of aromatic amines is 1. The van der Waals surface area contributed by atoms with E-state index in [2.05, 4.69) is 25.2 Å². The third-order valence-corrected chi connectivity index (χ3v) is 5.39. The Kier molecular flexibility index (Phi) is 5.64. The van der Waals surface area contributed by atoms with Crippen LogP contribution >= 0.6 is 0 Å². The van der Waals surface area contributed by atoms with E-state index in [1.807, 2.05) is 4.90 Å².